The molecule has 6 heteroatoms. The van der Waals surface area contributed by atoms with Crippen LogP contribution in [-0.4, -0.2) is 46.1 Å². The van der Waals surface area contributed by atoms with Crippen LogP contribution < -0.4 is 5.32 Å². The first kappa shape index (κ1) is 14.4. The molecule has 0 fully saturated rings. The van der Waals surface area contributed by atoms with Crippen molar-refractivity contribution in [1.29, 1.82) is 0 Å². The van der Waals surface area contributed by atoms with E-state index in [2.05, 4.69) is 10.1 Å². The van der Waals surface area contributed by atoms with Crippen molar-refractivity contribution in [2.24, 2.45) is 0 Å². The van der Waals surface area contributed by atoms with Gasteiger partial charge in [0.15, 0.2) is 9.84 Å². The topological polar surface area (TPSA) is 72.5 Å². The normalized spacial score (nSPS) is 11.3. The average Bonchev–Trinajstić information content (AvgIpc) is 2.21. The number of nitrogens with one attached hydrogen (secondary N) is 1. The molecule has 0 aliphatic heterocycles. The molecule has 5 nitrogen and oxygen atoms in total. The summed E-state index contributed by atoms with van der Waals surface area (Å²) in [7, 11) is -1.88. The highest BCUT2D eigenvalue weighted by atomic mass is 32.2. The summed E-state index contributed by atoms with van der Waals surface area (Å²) < 4.78 is 27.1. The third kappa shape index (κ3) is 8.38. The molecule has 0 aromatic heterocycles. The van der Waals surface area contributed by atoms with Gasteiger partial charge in [-0.25, -0.2) is 8.42 Å². The summed E-state index contributed by atoms with van der Waals surface area (Å²) in [5.74, 6) is -0.544. The molecular weight excluding hydrogens is 218 g/mol. The Balaban J connectivity index is 3.73. The summed E-state index contributed by atoms with van der Waals surface area (Å²) in [5.41, 5.74) is 0. The molecule has 0 heterocycles. The summed E-state index contributed by atoms with van der Waals surface area (Å²) in [6.07, 6.45) is 0.912. The van der Waals surface area contributed by atoms with Crippen LogP contribution in [0, 0.1) is 0 Å². The fourth-order valence-electron chi connectivity index (χ4n) is 0.972. The highest BCUT2D eigenvalue weighted by Gasteiger charge is 2.13. The van der Waals surface area contributed by atoms with Crippen molar-refractivity contribution in [1.82, 2.24) is 5.32 Å². The van der Waals surface area contributed by atoms with Crippen LogP contribution in [0.2, 0.25) is 0 Å². The number of esters is 1. The van der Waals surface area contributed by atoms with Crippen molar-refractivity contribution in [2.75, 3.05) is 31.7 Å². The zero-order valence-electron chi connectivity index (χ0n) is 9.28. The molecule has 0 amide bonds. The number of rotatable bonds is 8. The first-order valence-corrected chi connectivity index (χ1v) is 6.82. The summed E-state index contributed by atoms with van der Waals surface area (Å²) >= 11 is 0. The van der Waals surface area contributed by atoms with Crippen LogP contribution in [0.1, 0.15) is 19.8 Å². The minimum Gasteiger partial charge on any atom is -0.469 e. The van der Waals surface area contributed by atoms with Crippen molar-refractivity contribution in [3.63, 3.8) is 0 Å². The van der Waals surface area contributed by atoms with E-state index in [-0.39, 0.29) is 17.9 Å². The van der Waals surface area contributed by atoms with Gasteiger partial charge in [0.2, 0.25) is 0 Å². The maximum atomic E-state index is 11.4. The van der Waals surface area contributed by atoms with Gasteiger partial charge in [-0.1, -0.05) is 6.92 Å². The van der Waals surface area contributed by atoms with Gasteiger partial charge in [-0.3, -0.25) is 4.79 Å². The number of ether oxygens (including phenoxy) is 1. The van der Waals surface area contributed by atoms with Crippen molar-refractivity contribution < 1.29 is 17.9 Å². The fraction of sp³-hybridized carbons (Fsp3) is 0.889. The third-order valence-corrected chi connectivity index (χ3v) is 3.51. The van der Waals surface area contributed by atoms with E-state index < -0.39 is 15.8 Å². The van der Waals surface area contributed by atoms with Crippen molar-refractivity contribution >= 4 is 15.8 Å². The van der Waals surface area contributed by atoms with E-state index in [9.17, 15) is 13.2 Å². The lowest BCUT2D eigenvalue weighted by molar-refractivity contribution is -0.140. The van der Waals surface area contributed by atoms with E-state index in [1.165, 1.54) is 7.11 Å². The maximum absolute atomic E-state index is 11.4. The summed E-state index contributed by atoms with van der Waals surface area (Å²) in [6.45, 7) is 3.27. The van der Waals surface area contributed by atoms with Gasteiger partial charge in [0, 0.05) is 6.54 Å². The summed E-state index contributed by atoms with van der Waals surface area (Å²) in [5, 5.41) is 3.00. The molecule has 0 radical (unpaired) electrons. The van der Waals surface area contributed by atoms with E-state index in [4.69, 9.17) is 0 Å². The predicted molar refractivity (Wildman–Crippen MR) is 58.4 cm³/mol. The monoisotopic (exact) mass is 237 g/mol. The Kier molecular flexibility index (Phi) is 7.33. The van der Waals surface area contributed by atoms with Crippen LogP contribution in [0.4, 0.5) is 0 Å². The molecule has 0 aliphatic carbocycles. The number of hydrogen-bond acceptors (Lipinski definition) is 5. The molecule has 0 saturated heterocycles. The van der Waals surface area contributed by atoms with Gasteiger partial charge in [-0.2, -0.15) is 0 Å². The average molecular weight is 237 g/mol. The molecule has 90 valence electrons. The van der Waals surface area contributed by atoms with Gasteiger partial charge < -0.3 is 10.1 Å². The first-order chi connectivity index (χ1) is 7.02. The number of hydrogen-bond donors (Lipinski definition) is 1. The predicted octanol–water partition coefficient (Wildman–Crippen LogP) is -0.0361. The van der Waals surface area contributed by atoms with Gasteiger partial charge in [0.25, 0.3) is 0 Å². The highest BCUT2D eigenvalue weighted by molar-refractivity contribution is 7.91. The minimum atomic E-state index is -3.13. The van der Waals surface area contributed by atoms with Gasteiger partial charge in [-0.05, 0) is 13.0 Å². The standard InChI is InChI=1S/C9H19NO4S/c1-3-5-10-6-8-15(12,13)7-4-9(11)14-2/h10H,3-8H2,1-2H3. The molecule has 0 rings (SSSR count). The molecule has 1 N–H and O–H groups in total. The smallest absolute Gasteiger partial charge is 0.306 e. The maximum Gasteiger partial charge on any atom is 0.306 e. The number of sulfone groups is 1. The minimum absolute atomic E-state index is 0.0629. The second-order valence-corrected chi connectivity index (χ2v) is 5.53. The quantitative estimate of drug-likeness (QED) is 0.474. The second kappa shape index (κ2) is 7.64. The SMILES string of the molecule is CCCNCCS(=O)(=O)CCC(=O)OC. The zero-order valence-corrected chi connectivity index (χ0v) is 10.1. The second-order valence-electron chi connectivity index (χ2n) is 3.23. The molecule has 0 saturated carbocycles. The van der Waals surface area contributed by atoms with Gasteiger partial charge in [0.1, 0.15) is 0 Å². The molecule has 0 aromatic rings. The summed E-state index contributed by atoms with van der Waals surface area (Å²) in [6, 6.07) is 0. The Bertz CT molecular complexity index is 274. The molecule has 0 atom stereocenters. The van der Waals surface area contributed by atoms with Gasteiger partial charge in [0.05, 0.1) is 25.0 Å². The van der Waals surface area contributed by atoms with Crippen LogP contribution in [0.3, 0.4) is 0 Å². The molecule has 0 aliphatic rings. The molecule has 0 unspecified atom stereocenters. The van der Waals surface area contributed by atoms with E-state index in [1.807, 2.05) is 6.92 Å². The molecular formula is C9H19NO4S. The number of carbonyl (C=O) groups excluding carboxylic acids is 1. The number of carbonyl (C=O) groups is 1. The van der Waals surface area contributed by atoms with Crippen LogP contribution in [0.15, 0.2) is 0 Å². The Morgan fingerprint density at radius 3 is 2.47 bits per heavy atom. The van der Waals surface area contributed by atoms with Crippen molar-refractivity contribution in [3.8, 4) is 0 Å². The molecule has 15 heavy (non-hydrogen) atoms. The van der Waals surface area contributed by atoms with E-state index in [0.29, 0.717) is 6.54 Å². The molecule has 0 bridgehead atoms. The Labute approximate surface area is 91.1 Å². The largest absolute Gasteiger partial charge is 0.469 e. The van der Waals surface area contributed by atoms with E-state index in [0.717, 1.165) is 13.0 Å². The zero-order chi connectivity index (χ0) is 11.7. The third-order valence-electron chi connectivity index (χ3n) is 1.86. The number of methoxy groups -OCH3 is 1. The van der Waals surface area contributed by atoms with E-state index >= 15 is 0 Å². The van der Waals surface area contributed by atoms with Crippen LogP contribution in [-0.2, 0) is 19.4 Å². The van der Waals surface area contributed by atoms with Crippen LogP contribution in [0.25, 0.3) is 0 Å². The Morgan fingerprint density at radius 2 is 1.93 bits per heavy atom. The Morgan fingerprint density at radius 1 is 1.27 bits per heavy atom. The molecule has 0 spiro atoms. The van der Waals surface area contributed by atoms with Crippen molar-refractivity contribution in [2.45, 2.75) is 19.8 Å². The van der Waals surface area contributed by atoms with Gasteiger partial charge >= 0.3 is 5.97 Å². The summed E-state index contributed by atoms with van der Waals surface area (Å²) in [4.78, 5) is 10.7. The van der Waals surface area contributed by atoms with Crippen LogP contribution >= 0.6 is 0 Å². The highest BCUT2D eigenvalue weighted by Crippen LogP contribution is 1.95. The molecule has 0 aromatic carbocycles. The lowest BCUT2D eigenvalue weighted by Crippen LogP contribution is -2.25. The Hall–Kier alpha value is -0.620. The lowest BCUT2D eigenvalue weighted by atomic mass is 10.5. The van der Waals surface area contributed by atoms with E-state index in [1.54, 1.807) is 0 Å². The first-order valence-electron chi connectivity index (χ1n) is 4.99. The lowest BCUT2D eigenvalue weighted by Gasteiger charge is -2.04. The van der Waals surface area contributed by atoms with Crippen LogP contribution in [0.5, 0.6) is 0 Å². The van der Waals surface area contributed by atoms with Gasteiger partial charge in [-0.15, -0.1) is 0 Å². The van der Waals surface area contributed by atoms with Crippen molar-refractivity contribution in [3.05, 3.63) is 0 Å². The fourth-order valence-corrected chi connectivity index (χ4v) is 2.11.